The molecule has 1 aromatic carbocycles. The molecule has 2 aliphatic rings. The summed E-state index contributed by atoms with van der Waals surface area (Å²) in [5, 5.41) is 0. The van der Waals surface area contributed by atoms with Crippen molar-refractivity contribution in [3.8, 4) is 0 Å². The van der Waals surface area contributed by atoms with Gasteiger partial charge in [0.05, 0.1) is 0 Å². The zero-order chi connectivity index (χ0) is 12.5. The van der Waals surface area contributed by atoms with E-state index < -0.39 is 0 Å². The minimum atomic E-state index is 0.298. The van der Waals surface area contributed by atoms with Crippen LogP contribution in [-0.2, 0) is 6.54 Å². The number of rotatable bonds is 4. The summed E-state index contributed by atoms with van der Waals surface area (Å²) in [4.78, 5) is 5.22. The maximum absolute atomic E-state index is 5.91. The Labute approximate surface area is 110 Å². The largest absolute Gasteiger partial charge is 0.327 e. The Hall–Kier alpha value is -0.900. The molecule has 18 heavy (non-hydrogen) atoms. The Balaban J connectivity index is 1.58. The number of nitrogens with two attached hydrogens (primary N) is 1. The molecule has 0 amide bonds. The van der Waals surface area contributed by atoms with Crippen molar-refractivity contribution in [1.29, 1.82) is 0 Å². The number of fused-ring (bicyclic) bond motifs is 2. The van der Waals surface area contributed by atoms with Gasteiger partial charge in [-0.25, -0.2) is 0 Å². The number of piperazine rings is 1. The molecule has 2 unspecified atom stereocenters. The second-order valence-corrected chi connectivity index (χ2v) is 5.89. The van der Waals surface area contributed by atoms with Gasteiger partial charge in [0, 0.05) is 44.3 Å². The van der Waals surface area contributed by atoms with E-state index in [9.17, 15) is 0 Å². The van der Waals surface area contributed by atoms with Gasteiger partial charge in [0.1, 0.15) is 0 Å². The smallest absolute Gasteiger partial charge is 0.0242 e. The lowest BCUT2D eigenvalue weighted by Gasteiger charge is -2.35. The predicted octanol–water partition coefficient (Wildman–Crippen LogP) is 1.29. The lowest BCUT2D eigenvalue weighted by molar-refractivity contribution is 0.119. The van der Waals surface area contributed by atoms with Gasteiger partial charge >= 0.3 is 0 Å². The van der Waals surface area contributed by atoms with Gasteiger partial charge in [0.25, 0.3) is 0 Å². The molecule has 2 saturated heterocycles. The van der Waals surface area contributed by atoms with Crippen LogP contribution in [0.2, 0.25) is 0 Å². The van der Waals surface area contributed by atoms with Crippen LogP contribution in [-0.4, -0.2) is 47.6 Å². The quantitative estimate of drug-likeness (QED) is 0.867. The molecule has 1 aromatic rings. The Kier molecular flexibility index (Phi) is 3.37. The van der Waals surface area contributed by atoms with E-state index in [4.69, 9.17) is 5.73 Å². The lowest BCUT2D eigenvalue weighted by Crippen LogP contribution is -2.48. The van der Waals surface area contributed by atoms with Crippen molar-refractivity contribution in [3.63, 3.8) is 0 Å². The molecule has 2 N–H and O–H groups in total. The van der Waals surface area contributed by atoms with Crippen molar-refractivity contribution < 1.29 is 0 Å². The lowest BCUT2D eigenvalue weighted by atomic mass is 10.2. The highest BCUT2D eigenvalue weighted by molar-refractivity contribution is 5.15. The molecular weight excluding hydrogens is 222 g/mol. The zero-order valence-corrected chi connectivity index (χ0v) is 11.1. The van der Waals surface area contributed by atoms with E-state index in [1.807, 2.05) is 0 Å². The van der Waals surface area contributed by atoms with E-state index >= 15 is 0 Å². The molecule has 2 bridgehead atoms. The first kappa shape index (κ1) is 12.2. The molecule has 3 rings (SSSR count). The van der Waals surface area contributed by atoms with Gasteiger partial charge in [0.2, 0.25) is 0 Å². The SMILES string of the molecule is C[C@H](N)CN1CC2CC1CN2Cc1ccccc1. The van der Waals surface area contributed by atoms with Crippen LogP contribution in [0.4, 0.5) is 0 Å². The Morgan fingerprint density at radius 2 is 1.83 bits per heavy atom. The summed E-state index contributed by atoms with van der Waals surface area (Å²) in [5.41, 5.74) is 7.34. The van der Waals surface area contributed by atoms with Gasteiger partial charge in [0.15, 0.2) is 0 Å². The highest BCUT2D eigenvalue weighted by Crippen LogP contribution is 2.31. The van der Waals surface area contributed by atoms with Gasteiger partial charge < -0.3 is 5.73 Å². The van der Waals surface area contributed by atoms with E-state index in [0.29, 0.717) is 6.04 Å². The minimum absolute atomic E-state index is 0.298. The average Bonchev–Trinajstić information content (AvgIpc) is 2.89. The summed E-state index contributed by atoms with van der Waals surface area (Å²) < 4.78 is 0. The van der Waals surface area contributed by atoms with Crippen molar-refractivity contribution >= 4 is 0 Å². The second kappa shape index (κ2) is 5.00. The summed E-state index contributed by atoms with van der Waals surface area (Å²) in [6.07, 6.45) is 1.33. The van der Waals surface area contributed by atoms with Crippen molar-refractivity contribution in [1.82, 2.24) is 9.80 Å². The molecule has 3 heteroatoms. The number of nitrogens with zero attached hydrogens (tertiary/aromatic N) is 2. The maximum atomic E-state index is 5.91. The van der Waals surface area contributed by atoms with Crippen LogP contribution < -0.4 is 5.73 Å². The molecule has 0 radical (unpaired) electrons. The average molecular weight is 245 g/mol. The molecule has 0 aromatic heterocycles. The Bertz CT molecular complexity index is 390. The third-order valence-corrected chi connectivity index (χ3v) is 4.22. The van der Waals surface area contributed by atoms with E-state index in [-0.39, 0.29) is 0 Å². The van der Waals surface area contributed by atoms with Gasteiger partial charge in [-0.2, -0.15) is 0 Å². The molecule has 0 aliphatic carbocycles. The zero-order valence-electron chi connectivity index (χ0n) is 11.1. The monoisotopic (exact) mass is 245 g/mol. The standard InChI is InChI=1S/C15H23N3/c1-12(16)8-17-10-15-7-14(17)11-18(15)9-13-5-3-2-4-6-13/h2-6,12,14-15H,7-11,16H2,1H3/t12-,14?,15?/m0/s1. The molecule has 98 valence electrons. The summed E-state index contributed by atoms with van der Waals surface area (Å²) in [7, 11) is 0. The normalized spacial score (nSPS) is 29.9. The first-order chi connectivity index (χ1) is 8.72. The summed E-state index contributed by atoms with van der Waals surface area (Å²) in [5.74, 6) is 0. The third kappa shape index (κ3) is 2.44. The fourth-order valence-corrected chi connectivity index (χ4v) is 3.44. The topological polar surface area (TPSA) is 32.5 Å². The fourth-order valence-electron chi connectivity index (χ4n) is 3.44. The third-order valence-electron chi connectivity index (χ3n) is 4.22. The Morgan fingerprint density at radius 1 is 1.17 bits per heavy atom. The van der Waals surface area contributed by atoms with E-state index in [2.05, 4.69) is 47.1 Å². The van der Waals surface area contributed by atoms with E-state index in [0.717, 1.165) is 25.2 Å². The van der Waals surface area contributed by atoms with Gasteiger partial charge in [-0.15, -0.1) is 0 Å². The molecule has 3 atom stereocenters. The number of hydrogen-bond acceptors (Lipinski definition) is 3. The number of benzene rings is 1. The van der Waals surface area contributed by atoms with Crippen LogP contribution in [0.15, 0.2) is 30.3 Å². The first-order valence-electron chi connectivity index (χ1n) is 7.00. The number of hydrogen-bond donors (Lipinski definition) is 1. The fraction of sp³-hybridized carbons (Fsp3) is 0.600. The van der Waals surface area contributed by atoms with Gasteiger partial charge in [-0.3, -0.25) is 9.80 Å². The summed E-state index contributed by atoms with van der Waals surface area (Å²) in [6.45, 7) is 6.69. The number of likely N-dealkylation sites (tertiary alicyclic amines) is 2. The highest BCUT2D eigenvalue weighted by atomic mass is 15.3. The summed E-state index contributed by atoms with van der Waals surface area (Å²) >= 11 is 0. The van der Waals surface area contributed by atoms with Crippen molar-refractivity contribution in [2.24, 2.45) is 5.73 Å². The van der Waals surface area contributed by atoms with Crippen molar-refractivity contribution in [2.75, 3.05) is 19.6 Å². The molecule has 0 saturated carbocycles. The Morgan fingerprint density at radius 3 is 2.44 bits per heavy atom. The molecule has 3 nitrogen and oxygen atoms in total. The van der Waals surface area contributed by atoms with Crippen LogP contribution in [0, 0.1) is 0 Å². The summed E-state index contributed by atoms with van der Waals surface area (Å²) in [6, 6.07) is 12.6. The molecule has 2 aliphatic heterocycles. The van der Waals surface area contributed by atoms with Gasteiger partial charge in [-0.1, -0.05) is 30.3 Å². The van der Waals surface area contributed by atoms with Crippen LogP contribution in [0.1, 0.15) is 18.9 Å². The molecule has 2 fully saturated rings. The predicted molar refractivity (Wildman–Crippen MR) is 74.3 cm³/mol. The molecule has 0 spiro atoms. The van der Waals surface area contributed by atoms with E-state index in [1.54, 1.807) is 0 Å². The van der Waals surface area contributed by atoms with Crippen LogP contribution >= 0.6 is 0 Å². The van der Waals surface area contributed by atoms with Crippen LogP contribution in [0.25, 0.3) is 0 Å². The van der Waals surface area contributed by atoms with E-state index in [1.165, 1.54) is 25.1 Å². The highest BCUT2D eigenvalue weighted by Gasteiger charge is 2.42. The first-order valence-corrected chi connectivity index (χ1v) is 7.00. The van der Waals surface area contributed by atoms with Crippen LogP contribution in [0.3, 0.4) is 0 Å². The van der Waals surface area contributed by atoms with Gasteiger partial charge in [-0.05, 0) is 18.9 Å². The molecular formula is C15H23N3. The van der Waals surface area contributed by atoms with Crippen molar-refractivity contribution in [2.45, 2.75) is 38.0 Å². The second-order valence-electron chi connectivity index (χ2n) is 5.89. The van der Waals surface area contributed by atoms with Crippen molar-refractivity contribution in [3.05, 3.63) is 35.9 Å². The molecule has 2 heterocycles. The van der Waals surface area contributed by atoms with Crippen LogP contribution in [0.5, 0.6) is 0 Å². The maximum Gasteiger partial charge on any atom is 0.0242 e. The minimum Gasteiger partial charge on any atom is -0.327 e.